The van der Waals surface area contributed by atoms with Crippen LogP contribution < -0.4 is 4.74 Å². The average Bonchev–Trinajstić information content (AvgIpc) is 3.26. The van der Waals surface area contributed by atoms with E-state index < -0.39 is 10.0 Å². The van der Waals surface area contributed by atoms with Crippen molar-refractivity contribution >= 4 is 10.0 Å². The monoisotopic (exact) mass is 389 g/mol. The number of methoxy groups -OCH3 is 1. The second-order valence-corrected chi connectivity index (χ2v) is 9.71. The highest BCUT2D eigenvalue weighted by molar-refractivity contribution is 7.89. The molecule has 1 saturated heterocycles. The van der Waals surface area contributed by atoms with E-state index in [1.165, 1.54) is 18.5 Å². The number of hydrogen-bond acceptors (Lipinski definition) is 4. The van der Waals surface area contributed by atoms with Crippen molar-refractivity contribution in [1.82, 2.24) is 13.9 Å². The zero-order valence-corrected chi connectivity index (χ0v) is 16.8. The fourth-order valence-corrected chi connectivity index (χ4v) is 5.40. The van der Waals surface area contributed by atoms with Crippen LogP contribution in [0, 0.1) is 18.8 Å². The molecule has 0 spiro atoms. The zero-order valence-electron chi connectivity index (χ0n) is 16.0. The van der Waals surface area contributed by atoms with Crippen molar-refractivity contribution in [1.29, 1.82) is 0 Å². The lowest BCUT2D eigenvalue weighted by Gasteiger charge is -2.17. The maximum Gasteiger partial charge on any atom is 0.243 e. The number of sulfonamides is 1. The van der Waals surface area contributed by atoms with Crippen molar-refractivity contribution in [2.24, 2.45) is 11.8 Å². The summed E-state index contributed by atoms with van der Waals surface area (Å²) in [6.07, 6.45) is 6.28. The van der Waals surface area contributed by atoms with Crippen LogP contribution >= 0.6 is 0 Å². The number of aromatic nitrogens is 2. The van der Waals surface area contributed by atoms with Crippen molar-refractivity contribution in [3.8, 4) is 5.75 Å². The number of hydrogen-bond donors (Lipinski definition) is 0. The van der Waals surface area contributed by atoms with Gasteiger partial charge in [-0.1, -0.05) is 6.07 Å². The van der Waals surface area contributed by atoms with Crippen LogP contribution in [-0.4, -0.2) is 42.5 Å². The number of benzene rings is 1. The first kappa shape index (κ1) is 18.5. The Kier molecular flexibility index (Phi) is 4.99. The standard InChI is InChI=1S/C20H27N3O3S/c1-15-12-21-20(23(15)14-16-6-7-16)10-17-8-9-22(13-17)27(24,25)19-5-3-4-18(11-19)26-2/h3-5,11-12,16-17H,6-10,13-14H2,1-2H3. The molecule has 2 aromatic rings. The van der Waals surface area contributed by atoms with Crippen LogP contribution in [0.5, 0.6) is 5.75 Å². The third-order valence-electron chi connectivity index (χ3n) is 5.67. The van der Waals surface area contributed by atoms with Crippen LogP contribution in [0.1, 0.15) is 30.8 Å². The van der Waals surface area contributed by atoms with Crippen molar-refractivity contribution in [3.05, 3.63) is 42.0 Å². The summed E-state index contributed by atoms with van der Waals surface area (Å²) < 4.78 is 35.1. The van der Waals surface area contributed by atoms with Crippen molar-refractivity contribution in [2.45, 2.75) is 44.0 Å². The van der Waals surface area contributed by atoms with Gasteiger partial charge in [-0.25, -0.2) is 13.4 Å². The molecule has 4 rings (SSSR count). The highest BCUT2D eigenvalue weighted by atomic mass is 32.2. The van der Waals surface area contributed by atoms with E-state index in [-0.39, 0.29) is 0 Å². The van der Waals surface area contributed by atoms with E-state index in [2.05, 4.69) is 16.5 Å². The third-order valence-corrected chi connectivity index (χ3v) is 7.54. The van der Waals surface area contributed by atoms with E-state index in [0.29, 0.717) is 29.7 Å². The molecule has 2 heterocycles. The third kappa shape index (κ3) is 3.89. The maximum atomic E-state index is 13.0. The topological polar surface area (TPSA) is 64.4 Å². The summed E-state index contributed by atoms with van der Waals surface area (Å²) in [6, 6.07) is 6.70. The largest absolute Gasteiger partial charge is 0.497 e. The van der Waals surface area contributed by atoms with Crippen molar-refractivity contribution in [3.63, 3.8) is 0 Å². The first-order valence-corrected chi connectivity index (χ1v) is 11.1. The van der Waals surface area contributed by atoms with Gasteiger partial charge in [0, 0.05) is 44.0 Å². The predicted octanol–water partition coefficient (Wildman–Crippen LogP) is 2.86. The molecule has 0 bridgehead atoms. The molecule has 1 atom stereocenters. The SMILES string of the molecule is COc1cccc(S(=O)(=O)N2CCC(Cc3ncc(C)n3CC3CC3)C2)c1. The van der Waals surface area contributed by atoms with Crippen molar-refractivity contribution in [2.75, 3.05) is 20.2 Å². The van der Waals surface area contributed by atoms with Gasteiger partial charge in [-0.3, -0.25) is 0 Å². The molecule has 1 aliphatic heterocycles. The Morgan fingerprint density at radius 1 is 1.22 bits per heavy atom. The molecule has 1 aromatic heterocycles. The van der Waals surface area contributed by atoms with Gasteiger partial charge in [-0.15, -0.1) is 0 Å². The minimum absolute atomic E-state index is 0.300. The number of aryl methyl sites for hydroxylation is 1. The van der Waals surface area contributed by atoms with E-state index in [9.17, 15) is 8.42 Å². The quantitative estimate of drug-likeness (QED) is 0.730. The van der Waals surface area contributed by atoms with E-state index in [4.69, 9.17) is 4.74 Å². The molecule has 27 heavy (non-hydrogen) atoms. The van der Waals surface area contributed by atoms with E-state index in [0.717, 1.165) is 31.1 Å². The van der Waals surface area contributed by atoms with Gasteiger partial charge >= 0.3 is 0 Å². The molecule has 1 unspecified atom stereocenters. The molecule has 7 heteroatoms. The molecule has 1 aliphatic carbocycles. The maximum absolute atomic E-state index is 13.0. The first-order chi connectivity index (χ1) is 13.0. The second-order valence-electron chi connectivity index (χ2n) is 7.77. The van der Waals surface area contributed by atoms with Gasteiger partial charge in [0.25, 0.3) is 0 Å². The Hall–Kier alpha value is -1.86. The van der Waals surface area contributed by atoms with Gasteiger partial charge in [0.2, 0.25) is 10.0 Å². The van der Waals surface area contributed by atoms with Gasteiger partial charge < -0.3 is 9.30 Å². The molecule has 2 aliphatic rings. The Morgan fingerprint density at radius 3 is 2.78 bits per heavy atom. The zero-order chi connectivity index (χ0) is 19.0. The van der Waals surface area contributed by atoms with Crippen LogP contribution in [0.4, 0.5) is 0 Å². The van der Waals surface area contributed by atoms with Gasteiger partial charge in [-0.2, -0.15) is 4.31 Å². The smallest absolute Gasteiger partial charge is 0.243 e. The molecule has 0 amide bonds. The van der Waals surface area contributed by atoms with Crippen LogP contribution in [0.25, 0.3) is 0 Å². The Bertz CT molecular complexity index is 918. The Morgan fingerprint density at radius 2 is 2.04 bits per heavy atom. The molecule has 0 N–H and O–H groups in total. The summed E-state index contributed by atoms with van der Waals surface area (Å²) >= 11 is 0. The molecule has 2 fully saturated rings. The summed E-state index contributed by atoms with van der Waals surface area (Å²) in [5.74, 6) is 2.77. The fourth-order valence-electron chi connectivity index (χ4n) is 3.83. The van der Waals surface area contributed by atoms with Crippen LogP contribution in [0.15, 0.2) is 35.4 Å². The molecule has 0 radical (unpaired) electrons. The first-order valence-electron chi connectivity index (χ1n) is 9.62. The lowest BCUT2D eigenvalue weighted by Crippen LogP contribution is -2.29. The molecule has 1 saturated carbocycles. The Labute approximate surface area is 161 Å². The Balaban J connectivity index is 1.45. The highest BCUT2D eigenvalue weighted by Crippen LogP contribution is 2.32. The molecule has 1 aromatic carbocycles. The van der Waals surface area contributed by atoms with Gasteiger partial charge in [0.05, 0.1) is 12.0 Å². The van der Waals surface area contributed by atoms with E-state index in [1.807, 2.05) is 6.20 Å². The lowest BCUT2D eigenvalue weighted by molar-refractivity contribution is 0.412. The molecular weight excluding hydrogens is 362 g/mol. The summed E-state index contributed by atoms with van der Waals surface area (Å²) in [6.45, 7) is 4.27. The van der Waals surface area contributed by atoms with E-state index in [1.54, 1.807) is 35.7 Å². The van der Waals surface area contributed by atoms with Gasteiger partial charge in [0.1, 0.15) is 11.6 Å². The van der Waals surface area contributed by atoms with E-state index >= 15 is 0 Å². The van der Waals surface area contributed by atoms with Crippen molar-refractivity contribution < 1.29 is 13.2 Å². The summed E-state index contributed by atoms with van der Waals surface area (Å²) in [7, 11) is -1.94. The number of nitrogens with zero attached hydrogens (tertiary/aromatic N) is 3. The van der Waals surface area contributed by atoms with Crippen LogP contribution in [0.3, 0.4) is 0 Å². The lowest BCUT2D eigenvalue weighted by atomic mass is 10.0. The van der Waals surface area contributed by atoms with Crippen LogP contribution in [0.2, 0.25) is 0 Å². The number of ether oxygens (including phenoxy) is 1. The number of imidazole rings is 1. The summed E-state index contributed by atoms with van der Waals surface area (Å²) in [4.78, 5) is 4.91. The number of rotatable bonds is 7. The minimum Gasteiger partial charge on any atom is -0.497 e. The predicted molar refractivity (Wildman–Crippen MR) is 103 cm³/mol. The van der Waals surface area contributed by atoms with Gasteiger partial charge in [0.15, 0.2) is 0 Å². The highest BCUT2D eigenvalue weighted by Gasteiger charge is 2.33. The van der Waals surface area contributed by atoms with Crippen LogP contribution in [-0.2, 0) is 23.0 Å². The molecule has 146 valence electrons. The average molecular weight is 390 g/mol. The second kappa shape index (κ2) is 7.28. The fraction of sp³-hybridized carbons (Fsp3) is 0.550. The molecule has 6 nitrogen and oxygen atoms in total. The normalized spacial score (nSPS) is 20.9. The molecular formula is C20H27N3O3S. The summed E-state index contributed by atoms with van der Waals surface area (Å²) in [5.41, 5.74) is 1.20. The summed E-state index contributed by atoms with van der Waals surface area (Å²) in [5, 5.41) is 0. The van der Waals surface area contributed by atoms with Gasteiger partial charge in [-0.05, 0) is 50.2 Å². The minimum atomic E-state index is -3.48.